The van der Waals surface area contributed by atoms with Crippen molar-refractivity contribution < 1.29 is 0 Å². The molecule has 0 spiro atoms. The van der Waals surface area contributed by atoms with Gasteiger partial charge in [0.1, 0.15) is 0 Å². The summed E-state index contributed by atoms with van der Waals surface area (Å²) in [7, 11) is 0. The second-order valence-electron chi connectivity index (χ2n) is 3.60. The van der Waals surface area contributed by atoms with E-state index in [9.17, 15) is 0 Å². The molecule has 0 aliphatic heterocycles. The van der Waals surface area contributed by atoms with Gasteiger partial charge in [0.2, 0.25) is 0 Å². The van der Waals surface area contributed by atoms with Gasteiger partial charge >= 0.3 is 0 Å². The first-order chi connectivity index (χ1) is 6.24. The van der Waals surface area contributed by atoms with E-state index in [0.29, 0.717) is 18.5 Å². The minimum absolute atomic E-state index is 0.430. The fraction of sp³-hybridized carbons (Fsp3) is 0.600. The summed E-state index contributed by atoms with van der Waals surface area (Å²) in [6.07, 6.45) is 0. The molecule has 0 amide bonds. The summed E-state index contributed by atoms with van der Waals surface area (Å²) in [5.41, 5.74) is 7.00. The van der Waals surface area contributed by atoms with E-state index in [2.05, 4.69) is 36.0 Å². The SMILES string of the molecule is CC(C)C(CN)NCc1ccsc1. The van der Waals surface area contributed by atoms with Crippen molar-refractivity contribution in [2.45, 2.75) is 26.4 Å². The molecule has 1 heterocycles. The standard InChI is InChI=1S/C10H18N2S/c1-8(2)10(5-11)12-6-9-3-4-13-7-9/h3-4,7-8,10,12H,5-6,11H2,1-2H3. The zero-order valence-electron chi connectivity index (χ0n) is 8.29. The average Bonchev–Trinajstić information content (AvgIpc) is 2.57. The molecule has 0 fully saturated rings. The van der Waals surface area contributed by atoms with Gasteiger partial charge in [0.05, 0.1) is 0 Å². The van der Waals surface area contributed by atoms with Crippen molar-refractivity contribution in [3.05, 3.63) is 22.4 Å². The predicted octanol–water partition coefficient (Wildman–Crippen LogP) is 1.82. The van der Waals surface area contributed by atoms with E-state index in [1.165, 1.54) is 5.56 Å². The van der Waals surface area contributed by atoms with Gasteiger partial charge in [-0.1, -0.05) is 13.8 Å². The fourth-order valence-electron chi connectivity index (χ4n) is 1.23. The van der Waals surface area contributed by atoms with Crippen LogP contribution in [-0.4, -0.2) is 12.6 Å². The van der Waals surface area contributed by atoms with Gasteiger partial charge in [-0.2, -0.15) is 11.3 Å². The van der Waals surface area contributed by atoms with Crippen molar-refractivity contribution in [1.82, 2.24) is 5.32 Å². The number of nitrogens with two attached hydrogens (primary N) is 1. The number of thiophene rings is 1. The zero-order valence-corrected chi connectivity index (χ0v) is 9.10. The number of rotatable bonds is 5. The first-order valence-electron chi connectivity index (χ1n) is 4.68. The van der Waals surface area contributed by atoms with E-state index in [0.717, 1.165) is 6.54 Å². The molecule has 0 saturated carbocycles. The number of hydrogen-bond acceptors (Lipinski definition) is 3. The minimum Gasteiger partial charge on any atom is -0.329 e. The molecule has 1 rings (SSSR count). The second kappa shape index (κ2) is 5.37. The summed E-state index contributed by atoms with van der Waals surface area (Å²) in [4.78, 5) is 0. The molecule has 1 aromatic heterocycles. The molecule has 1 unspecified atom stereocenters. The molecule has 0 saturated heterocycles. The summed E-state index contributed by atoms with van der Waals surface area (Å²) in [6.45, 7) is 6.03. The van der Waals surface area contributed by atoms with E-state index < -0.39 is 0 Å². The highest BCUT2D eigenvalue weighted by Crippen LogP contribution is 2.07. The molecular weight excluding hydrogens is 180 g/mol. The first-order valence-corrected chi connectivity index (χ1v) is 5.63. The summed E-state index contributed by atoms with van der Waals surface area (Å²) >= 11 is 1.74. The Morgan fingerprint density at radius 2 is 2.31 bits per heavy atom. The maximum Gasteiger partial charge on any atom is 0.0216 e. The van der Waals surface area contributed by atoms with E-state index >= 15 is 0 Å². The third-order valence-electron chi connectivity index (χ3n) is 2.21. The van der Waals surface area contributed by atoms with Crippen molar-refractivity contribution in [1.29, 1.82) is 0 Å². The van der Waals surface area contributed by atoms with Crippen LogP contribution in [0.2, 0.25) is 0 Å². The Kier molecular flexibility index (Phi) is 4.42. The fourth-order valence-corrected chi connectivity index (χ4v) is 1.90. The normalized spacial score (nSPS) is 13.5. The summed E-state index contributed by atoms with van der Waals surface area (Å²) < 4.78 is 0. The lowest BCUT2D eigenvalue weighted by Gasteiger charge is -2.20. The highest BCUT2D eigenvalue weighted by atomic mass is 32.1. The lowest BCUT2D eigenvalue weighted by molar-refractivity contribution is 0.405. The van der Waals surface area contributed by atoms with Crippen LogP contribution >= 0.6 is 11.3 Å². The lowest BCUT2D eigenvalue weighted by Crippen LogP contribution is -2.39. The van der Waals surface area contributed by atoms with Crippen molar-refractivity contribution in [3.8, 4) is 0 Å². The number of nitrogens with one attached hydrogen (secondary N) is 1. The van der Waals surface area contributed by atoms with Crippen molar-refractivity contribution in [3.63, 3.8) is 0 Å². The molecule has 13 heavy (non-hydrogen) atoms. The topological polar surface area (TPSA) is 38.0 Å². The van der Waals surface area contributed by atoms with Crippen LogP contribution in [0.5, 0.6) is 0 Å². The molecule has 1 aromatic rings. The summed E-state index contributed by atoms with van der Waals surface area (Å²) in [5, 5.41) is 7.72. The predicted molar refractivity (Wildman–Crippen MR) is 58.8 cm³/mol. The highest BCUT2D eigenvalue weighted by Gasteiger charge is 2.09. The minimum atomic E-state index is 0.430. The monoisotopic (exact) mass is 198 g/mol. The molecule has 1 atom stereocenters. The maximum atomic E-state index is 5.65. The van der Waals surface area contributed by atoms with Gasteiger partial charge in [-0.15, -0.1) is 0 Å². The van der Waals surface area contributed by atoms with E-state index in [1.54, 1.807) is 11.3 Å². The van der Waals surface area contributed by atoms with E-state index in [-0.39, 0.29) is 0 Å². The molecule has 0 bridgehead atoms. The quantitative estimate of drug-likeness (QED) is 0.757. The lowest BCUT2D eigenvalue weighted by atomic mass is 10.0. The average molecular weight is 198 g/mol. The Bertz CT molecular complexity index is 219. The Labute approximate surface area is 84.2 Å². The molecule has 3 N–H and O–H groups in total. The van der Waals surface area contributed by atoms with Crippen LogP contribution in [0.1, 0.15) is 19.4 Å². The molecule has 0 radical (unpaired) electrons. The van der Waals surface area contributed by atoms with Crippen LogP contribution in [0.3, 0.4) is 0 Å². The third kappa shape index (κ3) is 3.46. The number of hydrogen-bond donors (Lipinski definition) is 2. The largest absolute Gasteiger partial charge is 0.329 e. The summed E-state index contributed by atoms with van der Waals surface area (Å²) in [5.74, 6) is 0.601. The second-order valence-corrected chi connectivity index (χ2v) is 4.38. The summed E-state index contributed by atoms with van der Waals surface area (Å²) in [6, 6.07) is 2.57. The Morgan fingerprint density at radius 1 is 1.54 bits per heavy atom. The van der Waals surface area contributed by atoms with Crippen molar-refractivity contribution in [2.24, 2.45) is 11.7 Å². The Morgan fingerprint density at radius 3 is 2.77 bits per heavy atom. The molecule has 0 aliphatic rings. The van der Waals surface area contributed by atoms with Crippen molar-refractivity contribution >= 4 is 11.3 Å². The van der Waals surface area contributed by atoms with Gasteiger partial charge in [0.25, 0.3) is 0 Å². The van der Waals surface area contributed by atoms with Gasteiger partial charge in [0, 0.05) is 19.1 Å². The Hall–Kier alpha value is -0.380. The van der Waals surface area contributed by atoms with Gasteiger partial charge in [0.15, 0.2) is 0 Å². The van der Waals surface area contributed by atoms with E-state index in [1.807, 2.05) is 0 Å². The smallest absolute Gasteiger partial charge is 0.0216 e. The molecular formula is C10H18N2S. The van der Waals surface area contributed by atoms with Crippen LogP contribution in [-0.2, 0) is 6.54 Å². The molecule has 2 nitrogen and oxygen atoms in total. The van der Waals surface area contributed by atoms with Crippen molar-refractivity contribution in [2.75, 3.05) is 6.54 Å². The molecule has 0 aromatic carbocycles. The van der Waals surface area contributed by atoms with Gasteiger partial charge < -0.3 is 11.1 Å². The zero-order chi connectivity index (χ0) is 9.68. The van der Waals surface area contributed by atoms with Crippen LogP contribution in [0.4, 0.5) is 0 Å². The molecule has 74 valence electrons. The third-order valence-corrected chi connectivity index (χ3v) is 2.94. The van der Waals surface area contributed by atoms with Gasteiger partial charge in [-0.3, -0.25) is 0 Å². The molecule has 0 aliphatic carbocycles. The van der Waals surface area contributed by atoms with Crippen LogP contribution in [0.25, 0.3) is 0 Å². The van der Waals surface area contributed by atoms with Crippen LogP contribution < -0.4 is 11.1 Å². The van der Waals surface area contributed by atoms with E-state index in [4.69, 9.17) is 5.73 Å². The maximum absolute atomic E-state index is 5.65. The first kappa shape index (κ1) is 10.7. The van der Waals surface area contributed by atoms with Crippen LogP contribution in [0, 0.1) is 5.92 Å². The molecule has 3 heteroatoms. The van der Waals surface area contributed by atoms with Gasteiger partial charge in [-0.05, 0) is 28.3 Å². The van der Waals surface area contributed by atoms with Crippen LogP contribution in [0.15, 0.2) is 16.8 Å². The Balaban J connectivity index is 2.32. The van der Waals surface area contributed by atoms with Gasteiger partial charge in [-0.25, -0.2) is 0 Å². The highest BCUT2D eigenvalue weighted by molar-refractivity contribution is 7.07.